The van der Waals surface area contributed by atoms with E-state index in [1.54, 1.807) is 10.9 Å². The van der Waals surface area contributed by atoms with Gasteiger partial charge in [0.2, 0.25) is 0 Å². The molecule has 1 fully saturated rings. The molecule has 0 spiro atoms. The van der Waals surface area contributed by atoms with Crippen molar-refractivity contribution >= 4 is 45.7 Å². The fraction of sp³-hybridized carbons (Fsp3) is 0.326. The lowest BCUT2D eigenvalue weighted by molar-refractivity contribution is 0.0935. The Morgan fingerprint density at radius 1 is 0.881 bits per heavy atom. The van der Waals surface area contributed by atoms with Gasteiger partial charge in [-0.25, -0.2) is 23.8 Å². The summed E-state index contributed by atoms with van der Waals surface area (Å²) >= 11 is 0. The molecule has 1 aliphatic heterocycles. The second kappa shape index (κ2) is 18.1. The average molecular weight is 798 g/mol. The molecule has 7 rings (SSSR count). The molecular formula is C46H52FN9O3. The number of nitrogens with zero attached hydrogens (tertiary/aromatic N) is 5. The Labute approximate surface area is 344 Å². The Balaban J connectivity index is 0.993. The number of piperidine rings is 1. The number of hydrogen-bond donors (Lipinski definition) is 4. The molecule has 3 heterocycles. The molecule has 0 unspecified atom stereocenters. The zero-order valence-electron chi connectivity index (χ0n) is 34.3. The predicted molar refractivity (Wildman–Crippen MR) is 232 cm³/mol. The van der Waals surface area contributed by atoms with Gasteiger partial charge in [-0.05, 0) is 67.6 Å². The van der Waals surface area contributed by atoms with Gasteiger partial charge in [0, 0.05) is 54.1 Å². The zero-order valence-corrected chi connectivity index (χ0v) is 34.3. The number of fused-ring (bicyclic) bond motifs is 1. The largest absolute Gasteiger partial charge is 0.488 e. The SMILES string of the molecule is CCc1ccc(COc2ccc(NC(=O)Nc3cc(C(C)(C)C)nn3-c3ccc(C)cc3)c3ccccc23)cc1Nc1cnc(C(=O)NCCN2CCC(F)CC2)cn1. The van der Waals surface area contributed by atoms with Crippen LogP contribution in [0.2, 0.25) is 0 Å². The van der Waals surface area contributed by atoms with Gasteiger partial charge in [-0.1, -0.05) is 81.8 Å². The van der Waals surface area contributed by atoms with Crippen LogP contribution >= 0.6 is 0 Å². The molecule has 59 heavy (non-hydrogen) atoms. The quantitative estimate of drug-likeness (QED) is 0.0909. The van der Waals surface area contributed by atoms with Crippen LogP contribution in [0.25, 0.3) is 16.5 Å². The highest BCUT2D eigenvalue weighted by Gasteiger charge is 2.22. The predicted octanol–water partition coefficient (Wildman–Crippen LogP) is 9.11. The summed E-state index contributed by atoms with van der Waals surface area (Å²) in [5, 5.41) is 18.9. The first-order valence-electron chi connectivity index (χ1n) is 20.2. The number of halogens is 1. The highest BCUT2D eigenvalue weighted by Crippen LogP contribution is 2.33. The summed E-state index contributed by atoms with van der Waals surface area (Å²) in [6.45, 7) is 13.2. The third-order valence-electron chi connectivity index (χ3n) is 10.5. The van der Waals surface area contributed by atoms with Gasteiger partial charge >= 0.3 is 6.03 Å². The lowest BCUT2D eigenvalue weighted by Crippen LogP contribution is -2.40. The van der Waals surface area contributed by atoms with E-state index in [1.807, 2.05) is 85.8 Å². The van der Waals surface area contributed by atoms with E-state index in [2.05, 4.69) is 69.9 Å². The molecule has 4 N–H and O–H groups in total. The summed E-state index contributed by atoms with van der Waals surface area (Å²) in [4.78, 5) is 37.2. The summed E-state index contributed by atoms with van der Waals surface area (Å²) < 4.78 is 21.6. The number of alkyl halides is 1. The first kappa shape index (κ1) is 40.8. The molecule has 6 aromatic rings. The molecule has 0 aliphatic carbocycles. The van der Waals surface area contributed by atoms with Gasteiger partial charge in [0.05, 0.1) is 29.5 Å². The van der Waals surface area contributed by atoms with Crippen LogP contribution in [0.4, 0.5) is 32.2 Å². The first-order chi connectivity index (χ1) is 28.4. The number of hydrogen-bond acceptors (Lipinski definition) is 8. The molecular weight excluding hydrogens is 746 g/mol. The summed E-state index contributed by atoms with van der Waals surface area (Å²) in [6, 6.07) is 27.2. The smallest absolute Gasteiger partial charge is 0.324 e. The van der Waals surface area contributed by atoms with Crippen LogP contribution in [0.3, 0.4) is 0 Å². The number of carbonyl (C=O) groups excluding carboxylic acids is 2. The molecule has 0 radical (unpaired) electrons. The van der Waals surface area contributed by atoms with Crippen molar-refractivity contribution in [2.45, 2.75) is 72.1 Å². The molecule has 0 saturated carbocycles. The van der Waals surface area contributed by atoms with E-state index in [-0.39, 0.29) is 17.0 Å². The number of nitrogens with one attached hydrogen (secondary N) is 4. The maximum absolute atomic E-state index is 13.5. The van der Waals surface area contributed by atoms with E-state index >= 15 is 0 Å². The fourth-order valence-corrected chi connectivity index (χ4v) is 6.99. The van der Waals surface area contributed by atoms with Crippen LogP contribution < -0.4 is 26.0 Å². The van der Waals surface area contributed by atoms with E-state index in [0.29, 0.717) is 68.7 Å². The van der Waals surface area contributed by atoms with Crippen molar-refractivity contribution in [3.8, 4) is 11.4 Å². The maximum Gasteiger partial charge on any atom is 0.324 e. The third kappa shape index (κ3) is 10.2. The molecule has 306 valence electrons. The van der Waals surface area contributed by atoms with Crippen molar-refractivity contribution in [1.29, 1.82) is 0 Å². The summed E-state index contributed by atoms with van der Waals surface area (Å²) in [5.41, 5.74) is 6.39. The standard InChI is InChI=1S/C46H52FN9O3/c1-6-32-14-13-31(25-38(32)51-42-28-49-39(27-50-42)44(57)48-21-24-55-22-19-33(47)20-23-55)29-59-40-18-17-37(35-9-7-8-10-36(35)40)52-45(58)53-43-26-41(46(3,4)5)54-56(43)34-15-11-30(2)12-16-34/h7-18,25-28,33H,6,19-24,29H2,1-5H3,(H,48,57)(H,50,51)(H2,52,53,58). The van der Waals surface area contributed by atoms with Crippen LogP contribution in [0.15, 0.2) is 97.3 Å². The zero-order chi connectivity index (χ0) is 41.5. The topological polar surface area (TPSA) is 138 Å². The van der Waals surface area contributed by atoms with Crippen LogP contribution in [0.1, 0.15) is 73.4 Å². The van der Waals surface area contributed by atoms with E-state index in [9.17, 15) is 14.0 Å². The van der Waals surface area contributed by atoms with Gasteiger partial charge in [0.1, 0.15) is 35.9 Å². The Kier molecular flexibility index (Phi) is 12.5. The van der Waals surface area contributed by atoms with E-state index < -0.39 is 12.2 Å². The molecule has 0 bridgehead atoms. The number of carbonyl (C=O) groups is 2. The number of rotatable bonds is 13. The third-order valence-corrected chi connectivity index (χ3v) is 10.5. The van der Waals surface area contributed by atoms with Gasteiger partial charge in [0.15, 0.2) is 0 Å². The van der Waals surface area contributed by atoms with Crippen molar-refractivity contribution in [3.05, 3.63) is 125 Å². The van der Waals surface area contributed by atoms with Crippen molar-refractivity contribution in [1.82, 2.24) is 30.0 Å². The molecule has 2 aromatic heterocycles. The van der Waals surface area contributed by atoms with Gasteiger partial charge < -0.3 is 25.6 Å². The number of anilines is 4. The van der Waals surface area contributed by atoms with Crippen molar-refractivity contribution in [2.75, 3.05) is 42.1 Å². The lowest BCUT2D eigenvalue weighted by atomic mass is 9.92. The average Bonchev–Trinajstić information content (AvgIpc) is 3.66. The Hall–Kier alpha value is -6.34. The van der Waals surface area contributed by atoms with Crippen LogP contribution in [0, 0.1) is 6.92 Å². The first-order valence-corrected chi connectivity index (χ1v) is 20.2. The highest BCUT2D eigenvalue weighted by atomic mass is 19.1. The minimum atomic E-state index is -0.721. The molecule has 12 nitrogen and oxygen atoms in total. The monoisotopic (exact) mass is 797 g/mol. The summed E-state index contributed by atoms with van der Waals surface area (Å²) in [7, 11) is 0. The summed E-state index contributed by atoms with van der Waals surface area (Å²) in [6.07, 6.45) is 4.16. The molecule has 3 amide bonds. The number of urea groups is 1. The van der Waals surface area contributed by atoms with Crippen LogP contribution in [0.5, 0.6) is 5.75 Å². The second-order valence-corrected chi connectivity index (χ2v) is 16.0. The lowest BCUT2D eigenvalue weighted by Gasteiger charge is -2.28. The Morgan fingerprint density at radius 3 is 2.36 bits per heavy atom. The number of aromatic nitrogens is 4. The van der Waals surface area contributed by atoms with Gasteiger partial charge in [-0.2, -0.15) is 5.10 Å². The number of ether oxygens (including phenoxy) is 1. The molecule has 4 aromatic carbocycles. The van der Waals surface area contributed by atoms with E-state index in [1.165, 1.54) is 6.20 Å². The van der Waals surface area contributed by atoms with Gasteiger partial charge in [-0.3, -0.25) is 10.1 Å². The highest BCUT2D eigenvalue weighted by molar-refractivity contribution is 6.07. The normalized spacial score (nSPS) is 13.6. The minimum Gasteiger partial charge on any atom is -0.488 e. The minimum absolute atomic E-state index is 0.217. The number of amides is 3. The molecule has 13 heteroatoms. The van der Waals surface area contributed by atoms with Crippen molar-refractivity contribution < 1.29 is 18.7 Å². The van der Waals surface area contributed by atoms with E-state index in [0.717, 1.165) is 51.0 Å². The summed E-state index contributed by atoms with van der Waals surface area (Å²) in [5.74, 6) is 1.46. The Bertz CT molecular complexity index is 2400. The van der Waals surface area contributed by atoms with E-state index in [4.69, 9.17) is 9.84 Å². The van der Waals surface area contributed by atoms with Gasteiger partial charge in [0.25, 0.3) is 5.91 Å². The number of likely N-dealkylation sites (tertiary alicyclic amines) is 1. The number of benzene rings is 4. The molecule has 0 atom stereocenters. The van der Waals surface area contributed by atoms with Crippen molar-refractivity contribution in [3.63, 3.8) is 0 Å². The fourth-order valence-electron chi connectivity index (χ4n) is 6.99. The molecule has 1 saturated heterocycles. The molecule has 1 aliphatic rings. The maximum atomic E-state index is 13.5. The Morgan fingerprint density at radius 2 is 1.64 bits per heavy atom. The van der Waals surface area contributed by atoms with Gasteiger partial charge in [-0.15, -0.1) is 0 Å². The number of aryl methyl sites for hydroxylation is 2. The van der Waals surface area contributed by atoms with Crippen molar-refractivity contribution in [2.24, 2.45) is 0 Å². The van der Waals surface area contributed by atoms with Crippen LogP contribution in [-0.2, 0) is 18.4 Å². The second-order valence-electron chi connectivity index (χ2n) is 16.0. The van der Waals surface area contributed by atoms with Crippen LogP contribution in [-0.4, -0.2) is 68.9 Å².